The Bertz CT molecular complexity index is 756. The molecular formula is C20H25N3O4. The van der Waals surface area contributed by atoms with Crippen molar-refractivity contribution in [2.75, 3.05) is 6.54 Å². The van der Waals surface area contributed by atoms with Crippen LogP contribution in [-0.4, -0.2) is 40.4 Å². The molecule has 1 aliphatic rings. The van der Waals surface area contributed by atoms with Gasteiger partial charge >= 0.3 is 5.97 Å². The number of carbonyl (C=O) groups excluding carboxylic acids is 3. The Labute approximate surface area is 159 Å². The molecule has 7 heteroatoms. The summed E-state index contributed by atoms with van der Waals surface area (Å²) in [5.74, 6) is -1.91. The highest BCUT2D eigenvalue weighted by molar-refractivity contribution is 6.23. The molecule has 7 nitrogen and oxygen atoms in total. The molecule has 144 valence electrons. The van der Waals surface area contributed by atoms with Crippen LogP contribution < -0.4 is 5.73 Å². The van der Waals surface area contributed by atoms with E-state index in [4.69, 9.17) is 10.5 Å². The molecule has 0 aromatic heterocycles. The number of unbranched alkanes of at least 4 members (excludes halogenated alkanes) is 1. The monoisotopic (exact) mass is 371 g/mol. The van der Waals surface area contributed by atoms with Crippen molar-refractivity contribution in [1.82, 2.24) is 4.90 Å². The van der Waals surface area contributed by atoms with Crippen LogP contribution in [0.3, 0.4) is 0 Å². The fourth-order valence-corrected chi connectivity index (χ4v) is 3.19. The van der Waals surface area contributed by atoms with Crippen LogP contribution in [0.5, 0.6) is 0 Å². The predicted octanol–water partition coefficient (Wildman–Crippen LogP) is 2.41. The first kappa shape index (κ1) is 20.6. The lowest BCUT2D eigenvalue weighted by atomic mass is 9.87. The van der Waals surface area contributed by atoms with Crippen molar-refractivity contribution >= 4 is 17.8 Å². The SMILES string of the molecule is CC(C)(C)OC(=O)C(CC#N)(CCCCN)N1C(=O)c2ccccc2C1=O. The summed E-state index contributed by atoms with van der Waals surface area (Å²) in [6.07, 6.45) is 0.861. The van der Waals surface area contributed by atoms with Crippen LogP contribution in [0.1, 0.15) is 67.2 Å². The summed E-state index contributed by atoms with van der Waals surface area (Å²) in [7, 11) is 0. The predicted molar refractivity (Wildman–Crippen MR) is 98.7 cm³/mol. The quantitative estimate of drug-likeness (QED) is 0.447. The third kappa shape index (κ3) is 4.01. The van der Waals surface area contributed by atoms with E-state index in [0.29, 0.717) is 19.4 Å². The highest BCUT2D eigenvalue weighted by Gasteiger charge is 2.54. The molecule has 1 aliphatic heterocycles. The summed E-state index contributed by atoms with van der Waals surface area (Å²) in [6, 6.07) is 8.36. The summed E-state index contributed by atoms with van der Waals surface area (Å²) in [4.78, 5) is 40.1. The number of hydrogen-bond acceptors (Lipinski definition) is 6. The van der Waals surface area contributed by atoms with E-state index in [1.54, 1.807) is 45.0 Å². The molecular weight excluding hydrogens is 346 g/mol. The molecule has 0 bridgehead atoms. The number of fused-ring (bicyclic) bond motifs is 1. The molecule has 0 fully saturated rings. The maximum atomic E-state index is 13.1. The number of benzene rings is 1. The molecule has 0 radical (unpaired) electrons. The highest BCUT2D eigenvalue weighted by atomic mass is 16.6. The fraction of sp³-hybridized carbons (Fsp3) is 0.500. The zero-order valence-electron chi connectivity index (χ0n) is 15.9. The van der Waals surface area contributed by atoms with Crippen LogP contribution in [-0.2, 0) is 9.53 Å². The van der Waals surface area contributed by atoms with E-state index < -0.39 is 28.9 Å². The number of amides is 2. The van der Waals surface area contributed by atoms with E-state index >= 15 is 0 Å². The molecule has 27 heavy (non-hydrogen) atoms. The van der Waals surface area contributed by atoms with Gasteiger partial charge in [-0.05, 0) is 58.7 Å². The number of nitrogens with zero attached hydrogens (tertiary/aromatic N) is 2. The number of nitrogens with two attached hydrogens (primary N) is 1. The Morgan fingerprint density at radius 1 is 1.15 bits per heavy atom. The van der Waals surface area contributed by atoms with Crippen molar-refractivity contribution in [3.8, 4) is 6.07 Å². The highest BCUT2D eigenvalue weighted by Crippen LogP contribution is 2.36. The smallest absolute Gasteiger partial charge is 0.334 e. The average Bonchev–Trinajstić information content (AvgIpc) is 2.85. The van der Waals surface area contributed by atoms with Gasteiger partial charge in [-0.3, -0.25) is 14.5 Å². The van der Waals surface area contributed by atoms with Gasteiger partial charge in [0, 0.05) is 0 Å². The first-order valence-electron chi connectivity index (χ1n) is 8.96. The lowest BCUT2D eigenvalue weighted by molar-refractivity contribution is -0.167. The van der Waals surface area contributed by atoms with Gasteiger partial charge in [0.2, 0.25) is 0 Å². The number of imide groups is 1. The van der Waals surface area contributed by atoms with Gasteiger partial charge < -0.3 is 10.5 Å². The fourth-order valence-electron chi connectivity index (χ4n) is 3.19. The Kier molecular flexibility index (Phi) is 6.01. The third-order valence-corrected chi connectivity index (χ3v) is 4.42. The minimum Gasteiger partial charge on any atom is -0.458 e. The Morgan fingerprint density at radius 2 is 1.70 bits per heavy atom. The number of ether oxygens (including phenoxy) is 1. The van der Waals surface area contributed by atoms with Crippen molar-refractivity contribution in [1.29, 1.82) is 5.26 Å². The maximum absolute atomic E-state index is 13.1. The second kappa shape index (κ2) is 7.89. The van der Waals surface area contributed by atoms with Crippen molar-refractivity contribution in [2.24, 2.45) is 5.73 Å². The minimum atomic E-state index is -1.68. The van der Waals surface area contributed by atoms with E-state index in [-0.39, 0.29) is 24.0 Å². The van der Waals surface area contributed by atoms with Crippen molar-refractivity contribution in [3.63, 3.8) is 0 Å². The third-order valence-electron chi connectivity index (χ3n) is 4.42. The summed E-state index contributed by atoms with van der Waals surface area (Å²) in [6.45, 7) is 5.50. The Hall–Kier alpha value is -2.72. The summed E-state index contributed by atoms with van der Waals surface area (Å²) < 4.78 is 5.53. The van der Waals surface area contributed by atoms with E-state index in [9.17, 15) is 19.6 Å². The van der Waals surface area contributed by atoms with E-state index in [1.165, 1.54) is 0 Å². The standard InChI is InChI=1S/C20H25N3O4/c1-19(2,3)27-18(26)20(11-13-22,10-6-7-12-21)23-16(24)14-8-4-5-9-15(14)17(23)25/h4-5,8-9H,6-7,10-12,21H2,1-3H3. The Morgan fingerprint density at radius 3 is 2.15 bits per heavy atom. The molecule has 0 saturated carbocycles. The van der Waals surface area contributed by atoms with Crippen LogP contribution in [0.2, 0.25) is 0 Å². The van der Waals surface area contributed by atoms with Crippen LogP contribution in [0.4, 0.5) is 0 Å². The molecule has 0 spiro atoms. The van der Waals surface area contributed by atoms with Gasteiger partial charge in [-0.25, -0.2) is 4.79 Å². The van der Waals surface area contributed by atoms with E-state index in [1.807, 2.05) is 6.07 Å². The molecule has 1 aromatic rings. The van der Waals surface area contributed by atoms with Gasteiger partial charge in [0.15, 0.2) is 5.54 Å². The molecule has 1 unspecified atom stereocenters. The second-order valence-corrected chi connectivity index (χ2v) is 7.61. The molecule has 2 rings (SSSR count). The number of carbonyl (C=O) groups is 3. The van der Waals surface area contributed by atoms with Crippen molar-refractivity contribution < 1.29 is 19.1 Å². The summed E-state index contributed by atoms with van der Waals surface area (Å²) >= 11 is 0. The number of nitriles is 1. The summed E-state index contributed by atoms with van der Waals surface area (Å²) in [5, 5.41) is 9.42. The molecule has 1 heterocycles. The number of rotatable bonds is 7. The van der Waals surface area contributed by atoms with Crippen LogP contribution in [0, 0.1) is 11.3 Å². The lowest BCUT2D eigenvalue weighted by Gasteiger charge is -2.38. The molecule has 2 amide bonds. The summed E-state index contributed by atoms with van der Waals surface area (Å²) in [5.41, 5.74) is 3.51. The van der Waals surface area contributed by atoms with Gasteiger partial charge in [-0.15, -0.1) is 0 Å². The Balaban J connectivity index is 2.54. The number of esters is 1. The lowest BCUT2D eigenvalue weighted by Crippen LogP contribution is -2.58. The number of hydrogen-bond donors (Lipinski definition) is 1. The van der Waals surface area contributed by atoms with Crippen molar-refractivity contribution in [3.05, 3.63) is 35.4 Å². The normalized spacial score (nSPS) is 15.9. The van der Waals surface area contributed by atoms with Gasteiger partial charge in [0.25, 0.3) is 11.8 Å². The molecule has 2 N–H and O–H groups in total. The largest absolute Gasteiger partial charge is 0.458 e. The minimum absolute atomic E-state index is 0.123. The maximum Gasteiger partial charge on any atom is 0.334 e. The molecule has 1 atom stereocenters. The van der Waals surface area contributed by atoms with Crippen LogP contribution in [0.25, 0.3) is 0 Å². The molecule has 0 saturated heterocycles. The van der Waals surface area contributed by atoms with Gasteiger partial charge in [0.05, 0.1) is 23.6 Å². The first-order chi connectivity index (χ1) is 12.7. The van der Waals surface area contributed by atoms with Crippen LogP contribution in [0.15, 0.2) is 24.3 Å². The second-order valence-electron chi connectivity index (χ2n) is 7.61. The average molecular weight is 371 g/mol. The van der Waals surface area contributed by atoms with Gasteiger partial charge in [-0.2, -0.15) is 5.26 Å². The van der Waals surface area contributed by atoms with E-state index in [2.05, 4.69) is 0 Å². The molecule has 0 aliphatic carbocycles. The van der Waals surface area contributed by atoms with Gasteiger partial charge in [-0.1, -0.05) is 12.1 Å². The first-order valence-corrected chi connectivity index (χ1v) is 8.96. The topological polar surface area (TPSA) is 113 Å². The molecule has 1 aromatic carbocycles. The van der Waals surface area contributed by atoms with Gasteiger partial charge in [0.1, 0.15) is 5.60 Å². The van der Waals surface area contributed by atoms with E-state index in [0.717, 1.165) is 4.90 Å². The zero-order valence-corrected chi connectivity index (χ0v) is 15.9. The van der Waals surface area contributed by atoms with Crippen LogP contribution >= 0.6 is 0 Å². The van der Waals surface area contributed by atoms with Crippen molar-refractivity contribution in [2.45, 2.75) is 57.6 Å². The zero-order chi connectivity index (χ0) is 20.2.